The van der Waals surface area contributed by atoms with Crippen LogP contribution in [0.3, 0.4) is 0 Å². The lowest BCUT2D eigenvalue weighted by molar-refractivity contribution is -0.126. The Morgan fingerprint density at radius 1 is 1.17 bits per heavy atom. The fourth-order valence-electron chi connectivity index (χ4n) is 5.39. The summed E-state index contributed by atoms with van der Waals surface area (Å²) >= 11 is 0. The summed E-state index contributed by atoms with van der Waals surface area (Å²) in [5.41, 5.74) is 7.08. The van der Waals surface area contributed by atoms with E-state index in [1.165, 1.54) is 28.8 Å². The number of carbonyl (C=O) groups is 1. The summed E-state index contributed by atoms with van der Waals surface area (Å²) in [5, 5.41) is -0.00318. The second-order valence-corrected chi connectivity index (χ2v) is 10.5. The topological polar surface area (TPSA) is 110 Å². The first-order valence-electron chi connectivity index (χ1n) is 13.3. The predicted octanol–water partition coefficient (Wildman–Crippen LogP) is 4.36. The van der Waals surface area contributed by atoms with Crippen LogP contribution in [0.15, 0.2) is 54.0 Å². The number of hydrogen-bond acceptors (Lipinski definition) is 7. The molecule has 4 heterocycles. The van der Waals surface area contributed by atoms with Gasteiger partial charge >= 0.3 is 5.69 Å². The van der Waals surface area contributed by atoms with Crippen LogP contribution in [-0.2, 0) is 4.79 Å². The lowest BCUT2D eigenvalue weighted by Gasteiger charge is -2.40. The summed E-state index contributed by atoms with van der Waals surface area (Å²) in [6, 6.07) is 6.73. The second kappa shape index (κ2) is 10.7. The number of nitrogens with two attached hydrogens (primary N) is 1. The Kier molecular flexibility index (Phi) is 7.29. The van der Waals surface area contributed by atoms with E-state index in [9.17, 15) is 14.0 Å². The molecule has 1 aromatic carbocycles. The number of nitrogen functional groups attached to an aromatic ring is 1. The third-order valence-electron chi connectivity index (χ3n) is 7.39. The number of piperazine rings is 1. The third-order valence-corrected chi connectivity index (χ3v) is 7.39. The van der Waals surface area contributed by atoms with Crippen LogP contribution in [0.5, 0.6) is 0 Å². The number of carbonyl (C=O) groups excluding carboxylic acids is 1. The summed E-state index contributed by atoms with van der Waals surface area (Å²) in [7, 11) is 0. The van der Waals surface area contributed by atoms with Gasteiger partial charge in [-0.15, -0.1) is 0 Å². The average molecular weight is 560 g/mol. The molecule has 1 fully saturated rings. The Morgan fingerprint density at radius 3 is 2.59 bits per heavy atom. The van der Waals surface area contributed by atoms with Crippen LogP contribution in [0.1, 0.15) is 37.9 Å². The maximum absolute atomic E-state index is 16.3. The van der Waals surface area contributed by atoms with Crippen molar-refractivity contribution in [3.63, 3.8) is 0 Å². The van der Waals surface area contributed by atoms with Crippen LogP contribution in [0.2, 0.25) is 0 Å². The Bertz CT molecular complexity index is 1730. The van der Waals surface area contributed by atoms with Crippen LogP contribution in [-0.4, -0.2) is 56.0 Å². The molecule has 0 bridgehead atoms. The van der Waals surface area contributed by atoms with E-state index in [0.717, 1.165) is 6.07 Å². The lowest BCUT2D eigenvalue weighted by atomic mass is 10.0. The van der Waals surface area contributed by atoms with Crippen molar-refractivity contribution in [2.45, 2.75) is 39.7 Å². The highest BCUT2D eigenvalue weighted by Crippen LogP contribution is 2.35. The van der Waals surface area contributed by atoms with Crippen molar-refractivity contribution < 1.29 is 13.6 Å². The van der Waals surface area contributed by atoms with Crippen molar-refractivity contribution in [3.05, 3.63) is 82.6 Å². The molecule has 1 aliphatic heterocycles. The van der Waals surface area contributed by atoms with Gasteiger partial charge in [0.2, 0.25) is 5.91 Å². The SMILES string of the molecule is C=CC(=O)N1CCN(c2nc(=O)n(-c3c(C)ccnc3C(C)C)c3nc(-c4c(N)cccc4F)cc(F)c23)C(C)C1. The summed E-state index contributed by atoms with van der Waals surface area (Å²) in [4.78, 5) is 43.1. The van der Waals surface area contributed by atoms with Crippen molar-refractivity contribution in [1.82, 2.24) is 24.4 Å². The first kappa shape index (κ1) is 27.9. The second-order valence-electron chi connectivity index (χ2n) is 10.5. The van der Waals surface area contributed by atoms with Gasteiger partial charge in [0.05, 0.1) is 28.0 Å². The molecule has 1 aliphatic rings. The third kappa shape index (κ3) is 4.81. The molecule has 0 saturated carbocycles. The molecule has 212 valence electrons. The van der Waals surface area contributed by atoms with Gasteiger partial charge in [-0.2, -0.15) is 4.98 Å². The van der Waals surface area contributed by atoms with E-state index in [-0.39, 0.29) is 51.7 Å². The molecule has 4 aromatic rings. The average Bonchev–Trinajstić information content (AvgIpc) is 2.92. The summed E-state index contributed by atoms with van der Waals surface area (Å²) < 4.78 is 32.5. The number of aryl methyl sites for hydroxylation is 1. The normalized spacial score (nSPS) is 15.5. The highest BCUT2D eigenvalue weighted by atomic mass is 19.1. The fraction of sp³-hybridized carbons (Fsp3) is 0.300. The van der Waals surface area contributed by atoms with Gasteiger partial charge in [0.15, 0.2) is 5.65 Å². The summed E-state index contributed by atoms with van der Waals surface area (Å²) in [6.45, 7) is 12.1. The Balaban J connectivity index is 1.84. The molecular formula is C30H31F2N7O2. The standard InChI is InChI=1S/C30H31F2N7O2/c1-6-23(40)37-12-13-38(18(5)15-37)28-25-20(32)14-22(24-19(31)8-7-9-21(24)33)35-29(25)39(30(41)36-28)27-17(4)10-11-34-26(27)16(2)3/h6-11,14,16,18H,1,12-13,15,33H2,2-5H3. The van der Waals surface area contributed by atoms with Crippen LogP contribution < -0.4 is 16.3 Å². The molecule has 9 nitrogen and oxygen atoms in total. The zero-order valence-electron chi connectivity index (χ0n) is 23.4. The molecule has 1 unspecified atom stereocenters. The fourth-order valence-corrected chi connectivity index (χ4v) is 5.39. The molecule has 3 aromatic heterocycles. The van der Waals surface area contributed by atoms with Crippen LogP contribution in [0.4, 0.5) is 20.3 Å². The molecule has 11 heteroatoms. The number of rotatable bonds is 5. The van der Waals surface area contributed by atoms with Gasteiger partial charge in [-0.25, -0.2) is 23.1 Å². The van der Waals surface area contributed by atoms with E-state index in [1.54, 1.807) is 22.1 Å². The zero-order valence-corrected chi connectivity index (χ0v) is 23.4. The highest BCUT2D eigenvalue weighted by Gasteiger charge is 2.31. The van der Waals surface area contributed by atoms with Crippen molar-refractivity contribution in [2.24, 2.45) is 0 Å². The maximum atomic E-state index is 16.3. The van der Waals surface area contributed by atoms with E-state index < -0.39 is 17.3 Å². The molecule has 1 saturated heterocycles. The van der Waals surface area contributed by atoms with Crippen LogP contribution in [0.25, 0.3) is 28.0 Å². The Hall–Kier alpha value is -4.67. The van der Waals surface area contributed by atoms with E-state index >= 15 is 4.39 Å². The van der Waals surface area contributed by atoms with Gasteiger partial charge in [0.25, 0.3) is 0 Å². The van der Waals surface area contributed by atoms with E-state index in [4.69, 9.17) is 5.73 Å². The van der Waals surface area contributed by atoms with Gasteiger partial charge in [-0.05, 0) is 49.6 Å². The van der Waals surface area contributed by atoms with E-state index in [0.29, 0.717) is 36.6 Å². The lowest BCUT2D eigenvalue weighted by Crippen LogP contribution is -2.54. The number of fused-ring (bicyclic) bond motifs is 1. The molecule has 1 amide bonds. The van der Waals surface area contributed by atoms with Crippen molar-refractivity contribution >= 4 is 28.4 Å². The Morgan fingerprint density at radius 2 is 1.93 bits per heavy atom. The molecule has 0 radical (unpaired) electrons. The molecule has 2 N–H and O–H groups in total. The van der Waals surface area contributed by atoms with Crippen molar-refractivity contribution in [1.29, 1.82) is 0 Å². The van der Waals surface area contributed by atoms with E-state index in [1.807, 2.05) is 27.7 Å². The minimum Gasteiger partial charge on any atom is -0.398 e. The van der Waals surface area contributed by atoms with Gasteiger partial charge in [-0.3, -0.25) is 9.78 Å². The quantitative estimate of drug-likeness (QED) is 0.286. The summed E-state index contributed by atoms with van der Waals surface area (Å²) in [5.74, 6) is -1.61. The molecular weight excluding hydrogens is 528 g/mol. The molecule has 1 atom stereocenters. The largest absolute Gasteiger partial charge is 0.398 e. The first-order chi connectivity index (χ1) is 19.5. The predicted molar refractivity (Wildman–Crippen MR) is 155 cm³/mol. The number of pyridine rings is 2. The maximum Gasteiger partial charge on any atom is 0.355 e. The molecule has 5 rings (SSSR count). The minimum atomic E-state index is -0.742. The van der Waals surface area contributed by atoms with Crippen LogP contribution >= 0.6 is 0 Å². The number of amides is 1. The summed E-state index contributed by atoms with van der Waals surface area (Å²) in [6.07, 6.45) is 2.90. The molecule has 0 aliphatic carbocycles. The van der Waals surface area contributed by atoms with E-state index in [2.05, 4.69) is 21.5 Å². The highest BCUT2D eigenvalue weighted by molar-refractivity contribution is 5.92. The number of nitrogens with zero attached hydrogens (tertiary/aromatic N) is 6. The van der Waals surface area contributed by atoms with Gasteiger partial charge in [0, 0.05) is 43.6 Å². The number of halogens is 2. The number of anilines is 2. The molecule has 0 spiro atoms. The Labute approximate surface area is 236 Å². The van der Waals surface area contributed by atoms with Crippen molar-refractivity contribution in [2.75, 3.05) is 30.3 Å². The zero-order chi connectivity index (χ0) is 29.6. The molecule has 41 heavy (non-hydrogen) atoms. The number of benzene rings is 1. The smallest absolute Gasteiger partial charge is 0.355 e. The van der Waals surface area contributed by atoms with Crippen molar-refractivity contribution in [3.8, 4) is 16.9 Å². The number of hydrogen-bond donors (Lipinski definition) is 1. The van der Waals surface area contributed by atoms with Gasteiger partial charge in [-0.1, -0.05) is 26.5 Å². The monoisotopic (exact) mass is 559 g/mol. The number of aromatic nitrogens is 4. The first-order valence-corrected chi connectivity index (χ1v) is 13.3. The van der Waals surface area contributed by atoms with Crippen LogP contribution in [0, 0.1) is 18.6 Å². The van der Waals surface area contributed by atoms with Gasteiger partial charge in [0.1, 0.15) is 17.5 Å². The van der Waals surface area contributed by atoms with Gasteiger partial charge < -0.3 is 15.5 Å². The minimum absolute atomic E-state index is 0.00318.